The van der Waals surface area contributed by atoms with Crippen molar-refractivity contribution in [2.24, 2.45) is 5.14 Å². The fourth-order valence-corrected chi connectivity index (χ4v) is 3.77. The van der Waals surface area contributed by atoms with Gasteiger partial charge in [-0.15, -0.1) is 0 Å². The highest BCUT2D eigenvalue weighted by Gasteiger charge is 2.15. The van der Waals surface area contributed by atoms with Gasteiger partial charge in [0.2, 0.25) is 15.9 Å². The van der Waals surface area contributed by atoms with E-state index in [2.05, 4.69) is 46.7 Å². The molecular formula is C19H23N5O4S4. The maximum Gasteiger partial charge on any atom is 0.245 e. The first-order valence-corrected chi connectivity index (χ1v) is 12.3. The molecule has 0 spiro atoms. The zero-order valence-corrected chi connectivity index (χ0v) is 20.2. The predicted molar refractivity (Wildman–Crippen MR) is 135 cm³/mol. The molecule has 0 radical (unpaired) electrons. The van der Waals surface area contributed by atoms with Crippen molar-refractivity contribution in [1.82, 2.24) is 10.9 Å². The number of hydrazine groups is 1. The number of sulfonamides is 1. The first-order valence-electron chi connectivity index (χ1n) is 9.21. The van der Waals surface area contributed by atoms with Gasteiger partial charge < -0.3 is 10.6 Å². The van der Waals surface area contributed by atoms with E-state index in [4.69, 9.17) is 17.4 Å². The van der Waals surface area contributed by atoms with E-state index in [1.807, 2.05) is 24.3 Å². The lowest BCUT2D eigenvalue weighted by molar-refractivity contribution is -0.128. The van der Waals surface area contributed by atoms with Crippen LogP contribution in [0.3, 0.4) is 0 Å². The number of carbonyl (C=O) groups excluding carboxylic acids is 2. The third kappa shape index (κ3) is 9.04. The third-order valence-corrected chi connectivity index (χ3v) is 5.79. The molecule has 9 nitrogen and oxygen atoms in total. The van der Waals surface area contributed by atoms with Crippen LogP contribution >= 0.6 is 37.5 Å². The van der Waals surface area contributed by atoms with Gasteiger partial charge in [-0.25, -0.2) is 13.6 Å². The quantitative estimate of drug-likeness (QED) is 0.0885. The van der Waals surface area contributed by atoms with Crippen LogP contribution in [0.25, 0.3) is 0 Å². The van der Waals surface area contributed by atoms with E-state index in [0.717, 1.165) is 11.3 Å². The summed E-state index contributed by atoms with van der Waals surface area (Å²) in [6, 6.07) is 13.1. The predicted octanol–water partition coefficient (Wildman–Crippen LogP) is 1.80. The Morgan fingerprint density at radius 3 is 2.38 bits per heavy atom. The van der Waals surface area contributed by atoms with Gasteiger partial charge in [-0.2, -0.15) is 25.3 Å². The SMILES string of the molecule is NS(=O)(=O)c1ccc(NC(S)CC(=O)CC(=O)NNC(=S)Nc2cccc(CS)c2)cc1. The minimum absolute atomic E-state index is 0.0270. The van der Waals surface area contributed by atoms with Crippen LogP contribution in [-0.4, -0.2) is 30.6 Å². The van der Waals surface area contributed by atoms with Crippen molar-refractivity contribution in [2.45, 2.75) is 28.9 Å². The second-order valence-electron chi connectivity index (χ2n) is 6.63. The smallest absolute Gasteiger partial charge is 0.245 e. The number of carbonyl (C=O) groups is 2. The molecule has 0 saturated heterocycles. The molecule has 0 fully saturated rings. The van der Waals surface area contributed by atoms with Crippen LogP contribution in [0.5, 0.6) is 0 Å². The zero-order chi connectivity index (χ0) is 23.7. The van der Waals surface area contributed by atoms with Crippen LogP contribution in [-0.2, 0) is 25.4 Å². The fourth-order valence-electron chi connectivity index (χ4n) is 2.53. The highest BCUT2D eigenvalue weighted by Crippen LogP contribution is 2.16. The molecule has 2 aromatic carbocycles. The molecule has 13 heteroatoms. The molecule has 1 atom stereocenters. The number of thiol groups is 2. The Bertz CT molecular complexity index is 1080. The van der Waals surface area contributed by atoms with E-state index < -0.39 is 21.3 Å². The summed E-state index contributed by atoms with van der Waals surface area (Å²) < 4.78 is 22.5. The lowest BCUT2D eigenvalue weighted by atomic mass is 10.2. The Labute approximate surface area is 202 Å². The van der Waals surface area contributed by atoms with Gasteiger partial charge in [-0.1, -0.05) is 12.1 Å². The molecule has 2 aromatic rings. The Balaban J connectivity index is 1.73. The molecular weight excluding hydrogens is 491 g/mol. The Hall–Kier alpha value is -2.32. The number of amides is 1. The normalized spacial score (nSPS) is 11.8. The number of primary sulfonamides is 1. The largest absolute Gasteiger partial charge is 0.373 e. The van der Waals surface area contributed by atoms with Crippen LogP contribution in [0.15, 0.2) is 53.4 Å². The summed E-state index contributed by atoms with van der Waals surface area (Å²) in [5, 5.41) is 10.5. The van der Waals surface area contributed by atoms with Crippen LogP contribution < -0.4 is 26.6 Å². The molecule has 0 aromatic heterocycles. The van der Waals surface area contributed by atoms with Crippen molar-refractivity contribution in [3.05, 3.63) is 54.1 Å². The molecule has 0 saturated carbocycles. The maximum atomic E-state index is 12.1. The molecule has 0 aliphatic rings. The topological polar surface area (TPSA) is 142 Å². The summed E-state index contributed by atoms with van der Waals surface area (Å²) in [6.07, 6.45) is -0.402. The van der Waals surface area contributed by atoms with Gasteiger partial charge in [-0.05, 0) is 54.2 Å². The van der Waals surface area contributed by atoms with E-state index in [9.17, 15) is 18.0 Å². The number of ketones is 1. The number of benzene rings is 2. The summed E-state index contributed by atoms with van der Waals surface area (Å²) in [7, 11) is -3.78. The number of hydrogen-bond donors (Lipinski definition) is 7. The molecule has 0 aliphatic heterocycles. The van der Waals surface area contributed by atoms with Gasteiger partial charge in [0.25, 0.3) is 0 Å². The first kappa shape index (κ1) is 25.9. The monoisotopic (exact) mass is 513 g/mol. The number of nitrogens with two attached hydrogens (primary N) is 1. The van der Waals surface area contributed by atoms with Gasteiger partial charge in [0.1, 0.15) is 5.78 Å². The summed E-state index contributed by atoms with van der Waals surface area (Å²) >= 11 is 13.6. The average Bonchev–Trinajstić information content (AvgIpc) is 2.72. The van der Waals surface area contributed by atoms with Crippen LogP contribution in [0, 0.1) is 0 Å². The summed E-state index contributed by atoms with van der Waals surface area (Å²) in [5.74, 6) is -0.323. The average molecular weight is 514 g/mol. The number of hydrogen-bond acceptors (Lipinski definition) is 8. The van der Waals surface area contributed by atoms with E-state index >= 15 is 0 Å². The minimum Gasteiger partial charge on any atom is -0.373 e. The molecule has 32 heavy (non-hydrogen) atoms. The van der Waals surface area contributed by atoms with E-state index in [-0.39, 0.29) is 28.6 Å². The molecule has 0 bridgehead atoms. The van der Waals surface area contributed by atoms with Crippen molar-refractivity contribution in [1.29, 1.82) is 0 Å². The molecule has 172 valence electrons. The number of Topliss-reactive ketones (excluding diaryl/α,β-unsaturated/α-hetero) is 1. The van der Waals surface area contributed by atoms with E-state index in [1.54, 1.807) is 0 Å². The van der Waals surface area contributed by atoms with Gasteiger partial charge >= 0.3 is 0 Å². The van der Waals surface area contributed by atoms with Crippen molar-refractivity contribution in [3.63, 3.8) is 0 Å². The van der Waals surface area contributed by atoms with Crippen LogP contribution in [0.2, 0.25) is 0 Å². The molecule has 6 N–H and O–H groups in total. The second-order valence-corrected chi connectivity index (χ2v) is 9.54. The highest BCUT2D eigenvalue weighted by atomic mass is 32.2. The Morgan fingerprint density at radius 2 is 1.75 bits per heavy atom. The van der Waals surface area contributed by atoms with Gasteiger partial charge in [-0.3, -0.25) is 20.4 Å². The number of anilines is 2. The lowest BCUT2D eigenvalue weighted by Crippen LogP contribution is -2.44. The Kier molecular flexibility index (Phi) is 9.78. The standard InChI is InChI=1S/C19H23N5O4S4/c20-32(27,28)16-6-4-13(5-7-16)21-18(30)10-15(25)9-17(26)23-24-19(31)22-14-3-1-2-12(8-14)11-29/h1-8,18,21,29-30H,9-11H2,(H,23,26)(H2,20,27,28)(H2,22,24,31). The molecule has 0 heterocycles. The fraction of sp³-hybridized carbons (Fsp3) is 0.211. The van der Waals surface area contributed by atoms with Gasteiger partial charge in [0, 0.05) is 23.5 Å². The molecule has 1 unspecified atom stereocenters. The van der Waals surface area contributed by atoms with Crippen LogP contribution in [0.1, 0.15) is 18.4 Å². The second kappa shape index (κ2) is 12.1. The molecule has 0 aliphatic carbocycles. The van der Waals surface area contributed by atoms with Crippen LogP contribution in [0.4, 0.5) is 11.4 Å². The van der Waals surface area contributed by atoms with E-state index in [0.29, 0.717) is 11.4 Å². The highest BCUT2D eigenvalue weighted by molar-refractivity contribution is 7.89. The summed E-state index contributed by atoms with van der Waals surface area (Å²) in [4.78, 5) is 24.1. The molecule has 1 amide bonds. The first-order chi connectivity index (χ1) is 15.1. The maximum absolute atomic E-state index is 12.1. The number of thiocarbonyl (C=S) groups is 1. The number of nitrogens with one attached hydrogen (secondary N) is 4. The van der Waals surface area contributed by atoms with Gasteiger partial charge in [0.15, 0.2) is 5.11 Å². The summed E-state index contributed by atoms with van der Waals surface area (Å²) in [5.41, 5.74) is 7.20. The molecule has 2 rings (SSSR count). The van der Waals surface area contributed by atoms with Crippen molar-refractivity contribution in [2.75, 3.05) is 10.6 Å². The van der Waals surface area contributed by atoms with E-state index in [1.165, 1.54) is 24.3 Å². The summed E-state index contributed by atoms with van der Waals surface area (Å²) in [6.45, 7) is 0. The van der Waals surface area contributed by atoms with Crippen molar-refractivity contribution < 1.29 is 18.0 Å². The number of rotatable bonds is 9. The minimum atomic E-state index is -3.78. The zero-order valence-electron chi connectivity index (χ0n) is 16.7. The lowest BCUT2D eigenvalue weighted by Gasteiger charge is -2.15. The van der Waals surface area contributed by atoms with Gasteiger partial charge in [0.05, 0.1) is 16.7 Å². The Morgan fingerprint density at radius 1 is 1.06 bits per heavy atom. The van der Waals surface area contributed by atoms with Crippen molar-refractivity contribution in [3.8, 4) is 0 Å². The third-order valence-electron chi connectivity index (χ3n) is 3.98. The van der Waals surface area contributed by atoms with Crippen molar-refractivity contribution >= 4 is 75.7 Å².